The maximum atomic E-state index is 12.8. The lowest BCUT2D eigenvalue weighted by Gasteiger charge is -2.07. The zero-order chi connectivity index (χ0) is 17.5. The lowest BCUT2D eigenvalue weighted by molar-refractivity contribution is 0.0927. The smallest absolute Gasteiger partial charge is 0.254 e. The van der Waals surface area contributed by atoms with Gasteiger partial charge in [-0.15, -0.1) is 0 Å². The molecular formula is C17H21FN4O2. The van der Waals surface area contributed by atoms with E-state index in [9.17, 15) is 14.0 Å². The second-order valence-electron chi connectivity index (χ2n) is 5.41. The highest BCUT2D eigenvalue weighted by atomic mass is 19.1. The highest BCUT2D eigenvalue weighted by Gasteiger charge is 2.13. The summed E-state index contributed by atoms with van der Waals surface area (Å²) in [6, 6.07) is 5.28. The third-order valence-electron chi connectivity index (χ3n) is 3.45. The van der Waals surface area contributed by atoms with Crippen molar-refractivity contribution in [3.8, 4) is 0 Å². The van der Waals surface area contributed by atoms with Gasteiger partial charge in [0.1, 0.15) is 5.82 Å². The molecule has 0 saturated heterocycles. The molecule has 0 atom stereocenters. The maximum Gasteiger partial charge on any atom is 0.254 e. The molecule has 0 unspecified atom stereocenters. The fourth-order valence-electron chi connectivity index (χ4n) is 2.24. The van der Waals surface area contributed by atoms with Crippen LogP contribution in [0.3, 0.4) is 0 Å². The van der Waals surface area contributed by atoms with Crippen molar-refractivity contribution in [3.05, 3.63) is 53.1 Å². The standard InChI is InChI=1S/C17H21FN4O2/c1-3-10-22-11-15(12(2)21-22)17(24)20-9-8-19-16(23)13-4-6-14(18)7-5-13/h4-7,11H,3,8-10H2,1-2H3,(H,19,23)(H,20,24). The second kappa shape index (κ2) is 8.24. The van der Waals surface area contributed by atoms with Gasteiger partial charge in [-0.3, -0.25) is 14.3 Å². The SMILES string of the molecule is CCCn1cc(C(=O)NCCNC(=O)c2ccc(F)cc2)c(C)n1. The summed E-state index contributed by atoms with van der Waals surface area (Å²) in [5, 5.41) is 9.69. The van der Waals surface area contributed by atoms with Crippen LogP contribution in [0.1, 0.15) is 39.8 Å². The normalized spacial score (nSPS) is 10.5. The molecule has 0 aliphatic rings. The van der Waals surface area contributed by atoms with Gasteiger partial charge in [-0.05, 0) is 37.6 Å². The van der Waals surface area contributed by atoms with Crippen LogP contribution in [0.2, 0.25) is 0 Å². The minimum atomic E-state index is -0.391. The van der Waals surface area contributed by atoms with E-state index in [1.807, 2.05) is 6.92 Å². The Morgan fingerprint density at radius 2 is 1.75 bits per heavy atom. The van der Waals surface area contributed by atoms with Crippen LogP contribution in [0.4, 0.5) is 4.39 Å². The number of nitrogens with one attached hydrogen (secondary N) is 2. The number of carbonyl (C=O) groups is 2. The Hall–Kier alpha value is -2.70. The van der Waals surface area contributed by atoms with Gasteiger partial charge in [-0.1, -0.05) is 6.92 Å². The van der Waals surface area contributed by atoms with Crippen LogP contribution in [0.15, 0.2) is 30.5 Å². The summed E-state index contributed by atoms with van der Waals surface area (Å²) >= 11 is 0. The lowest BCUT2D eigenvalue weighted by atomic mass is 10.2. The largest absolute Gasteiger partial charge is 0.350 e. The van der Waals surface area contributed by atoms with E-state index in [-0.39, 0.29) is 18.4 Å². The number of hydrogen-bond acceptors (Lipinski definition) is 3. The Balaban J connectivity index is 1.78. The van der Waals surface area contributed by atoms with Gasteiger partial charge in [0.2, 0.25) is 0 Å². The molecule has 2 rings (SSSR count). The van der Waals surface area contributed by atoms with Crippen LogP contribution in [-0.4, -0.2) is 34.7 Å². The summed E-state index contributed by atoms with van der Waals surface area (Å²) in [5.41, 5.74) is 1.59. The summed E-state index contributed by atoms with van der Waals surface area (Å²) in [6.07, 6.45) is 2.67. The van der Waals surface area contributed by atoms with Crippen molar-refractivity contribution in [1.29, 1.82) is 0 Å². The molecule has 0 radical (unpaired) electrons. The number of rotatable bonds is 7. The zero-order valence-corrected chi connectivity index (χ0v) is 13.8. The Morgan fingerprint density at radius 3 is 2.38 bits per heavy atom. The number of halogens is 1. The van der Waals surface area contributed by atoms with Gasteiger partial charge in [-0.25, -0.2) is 4.39 Å². The highest BCUT2D eigenvalue weighted by molar-refractivity contribution is 5.95. The first kappa shape index (κ1) is 17.7. The van der Waals surface area contributed by atoms with E-state index in [1.54, 1.807) is 17.8 Å². The van der Waals surface area contributed by atoms with Crippen LogP contribution in [0.25, 0.3) is 0 Å². The van der Waals surface area contributed by atoms with Gasteiger partial charge in [0.05, 0.1) is 11.3 Å². The number of hydrogen-bond donors (Lipinski definition) is 2. The van der Waals surface area contributed by atoms with Gasteiger partial charge in [0.15, 0.2) is 0 Å². The Kier molecular flexibility index (Phi) is 6.06. The molecule has 0 fully saturated rings. The number of aryl methyl sites for hydroxylation is 2. The molecule has 0 saturated carbocycles. The molecule has 7 heteroatoms. The second-order valence-corrected chi connectivity index (χ2v) is 5.41. The molecule has 2 amide bonds. The fourth-order valence-corrected chi connectivity index (χ4v) is 2.24. The summed E-state index contributed by atoms with van der Waals surface area (Å²) < 4.78 is 14.6. The number of carbonyl (C=O) groups excluding carboxylic acids is 2. The monoisotopic (exact) mass is 332 g/mol. The first-order valence-electron chi connectivity index (χ1n) is 7.87. The summed E-state index contributed by atoms with van der Waals surface area (Å²) in [7, 11) is 0. The lowest BCUT2D eigenvalue weighted by Crippen LogP contribution is -2.34. The molecule has 0 aliphatic carbocycles. The fraction of sp³-hybridized carbons (Fsp3) is 0.353. The summed E-state index contributed by atoms with van der Waals surface area (Å²) in [4.78, 5) is 24.0. The average molecular weight is 332 g/mol. The van der Waals surface area contributed by atoms with Crippen molar-refractivity contribution < 1.29 is 14.0 Å². The number of aromatic nitrogens is 2. The molecule has 2 aromatic rings. The summed E-state index contributed by atoms with van der Waals surface area (Å²) in [5.74, 6) is -0.917. The maximum absolute atomic E-state index is 12.8. The van der Waals surface area contributed by atoms with Crippen molar-refractivity contribution in [2.24, 2.45) is 0 Å². The molecule has 24 heavy (non-hydrogen) atoms. The van der Waals surface area contributed by atoms with Gasteiger partial charge in [0.25, 0.3) is 11.8 Å². The topological polar surface area (TPSA) is 76.0 Å². The van der Waals surface area contributed by atoms with E-state index in [4.69, 9.17) is 0 Å². The van der Waals surface area contributed by atoms with Gasteiger partial charge in [-0.2, -0.15) is 5.10 Å². The van der Waals surface area contributed by atoms with E-state index in [0.717, 1.165) is 13.0 Å². The van der Waals surface area contributed by atoms with Crippen LogP contribution in [0, 0.1) is 12.7 Å². The van der Waals surface area contributed by atoms with Crippen LogP contribution in [-0.2, 0) is 6.54 Å². The first-order valence-corrected chi connectivity index (χ1v) is 7.87. The molecule has 2 N–H and O–H groups in total. The average Bonchev–Trinajstić information content (AvgIpc) is 2.93. The molecule has 1 heterocycles. The predicted molar refractivity (Wildman–Crippen MR) is 88.3 cm³/mol. The third-order valence-corrected chi connectivity index (χ3v) is 3.45. The van der Waals surface area contributed by atoms with E-state index >= 15 is 0 Å². The minimum absolute atomic E-state index is 0.217. The first-order chi connectivity index (χ1) is 11.5. The molecular weight excluding hydrogens is 311 g/mol. The Labute approximate surface area is 140 Å². The molecule has 6 nitrogen and oxygen atoms in total. The van der Waals surface area contributed by atoms with Crippen molar-refractivity contribution in [3.63, 3.8) is 0 Å². The summed E-state index contributed by atoms with van der Waals surface area (Å²) in [6.45, 7) is 5.17. The zero-order valence-electron chi connectivity index (χ0n) is 13.8. The highest BCUT2D eigenvalue weighted by Crippen LogP contribution is 2.06. The molecule has 0 aliphatic heterocycles. The van der Waals surface area contributed by atoms with Gasteiger partial charge in [0, 0.05) is 31.4 Å². The van der Waals surface area contributed by atoms with Gasteiger partial charge >= 0.3 is 0 Å². The Morgan fingerprint density at radius 1 is 1.12 bits per heavy atom. The van der Waals surface area contributed by atoms with E-state index < -0.39 is 5.82 Å². The molecule has 0 bridgehead atoms. The van der Waals surface area contributed by atoms with E-state index in [2.05, 4.69) is 15.7 Å². The van der Waals surface area contributed by atoms with Crippen molar-refractivity contribution >= 4 is 11.8 Å². The number of nitrogens with zero attached hydrogens (tertiary/aromatic N) is 2. The van der Waals surface area contributed by atoms with Crippen LogP contribution < -0.4 is 10.6 Å². The molecule has 1 aromatic carbocycles. The van der Waals surface area contributed by atoms with Crippen molar-refractivity contribution in [2.75, 3.05) is 13.1 Å². The van der Waals surface area contributed by atoms with Crippen molar-refractivity contribution in [1.82, 2.24) is 20.4 Å². The number of benzene rings is 1. The predicted octanol–water partition coefficient (Wildman–Crippen LogP) is 1.90. The molecule has 0 spiro atoms. The molecule has 1 aromatic heterocycles. The van der Waals surface area contributed by atoms with Crippen LogP contribution >= 0.6 is 0 Å². The van der Waals surface area contributed by atoms with Crippen LogP contribution in [0.5, 0.6) is 0 Å². The quantitative estimate of drug-likeness (QED) is 0.761. The Bertz CT molecular complexity index is 710. The van der Waals surface area contributed by atoms with E-state index in [0.29, 0.717) is 23.4 Å². The minimum Gasteiger partial charge on any atom is -0.350 e. The molecule has 128 valence electrons. The third kappa shape index (κ3) is 4.65. The number of amides is 2. The van der Waals surface area contributed by atoms with E-state index in [1.165, 1.54) is 24.3 Å². The van der Waals surface area contributed by atoms with Crippen molar-refractivity contribution in [2.45, 2.75) is 26.8 Å². The van der Waals surface area contributed by atoms with Gasteiger partial charge < -0.3 is 10.6 Å².